The van der Waals surface area contributed by atoms with Gasteiger partial charge in [0.15, 0.2) is 9.84 Å². The zero-order valence-electron chi connectivity index (χ0n) is 15.0. The molecule has 0 saturated carbocycles. The molecule has 27 heavy (non-hydrogen) atoms. The lowest BCUT2D eigenvalue weighted by Gasteiger charge is -2.18. The Labute approximate surface area is 162 Å². The van der Waals surface area contributed by atoms with Crippen molar-refractivity contribution in [3.05, 3.63) is 64.2 Å². The van der Waals surface area contributed by atoms with Crippen LogP contribution in [0.25, 0.3) is 0 Å². The maximum absolute atomic E-state index is 12.6. The summed E-state index contributed by atoms with van der Waals surface area (Å²) < 4.78 is 61.1. The highest BCUT2D eigenvalue weighted by Crippen LogP contribution is 2.29. The third-order valence-electron chi connectivity index (χ3n) is 4.25. The van der Waals surface area contributed by atoms with Gasteiger partial charge in [0.25, 0.3) is 0 Å². The Morgan fingerprint density at radius 1 is 1.07 bits per heavy atom. The lowest BCUT2D eigenvalue weighted by Crippen LogP contribution is -2.30. The molecule has 1 N–H and O–H groups in total. The molecule has 1 unspecified atom stereocenters. The highest BCUT2D eigenvalue weighted by atomic mass is 35.5. The van der Waals surface area contributed by atoms with Gasteiger partial charge in [-0.15, -0.1) is 0 Å². The van der Waals surface area contributed by atoms with Crippen LogP contribution in [0.15, 0.2) is 47.4 Å². The fraction of sp³-hybridized carbons (Fsp3) is 0.368. The van der Waals surface area contributed by atoms with E-state index < -0.39 is 21.6 Å². The average molecular weight is 420 g/mol. The van der Waals surface area contributed by atoms with Gasteiger partial charge in [-0.2, -0.15) is 13.2 Å². The monoisotopic (exact) mass is 419 g/mol. The molecular weight excluding hydrogens is 399 g/mol. The molecule has 1 atom stereocenters. The van der Waals surface area contributed by atoms with Crippen LogP contribution in [0.5, 0.6) is 0 Å². The van der Waals surface area contributed by atoms with Gasteiger partial charge in [0, 0.05) is 18.8 Å². The Balaban J connectivity index is 2.00. The molecule has 0 aliphatic carbocycles. The first-order valence-corrected chi connectivity index (χ1v) is 10.7. The van der Waals surface area contributed by atoms with Gasteiger partial charge in [0.1, 0.15) is 0 Å². The topological polar surface area (TPSA) is 46.2 Å². The van der Waals surface area contributed by atoms with Crippen LogP contribution in [0.1, 0.15) is 30.0 Å². The summed E-state index contributed by atoms with van der Waals surface area (Å²) in [5, 5.41) is 3.51. The number of halogens is 4. The third-order valence-corrected chi connectivity index (χ3v) is 5.83. The maximum atomic E-state index is 12.6. The Hall–Kier alpha value is -1.57. The number of alkyl halides is 3. The Bertz CT molecular complexity index is 881. The fourth-order valence-electron chi connectivity index (χ4n) is 2.69. The van der Waals surface area contributed by atoms with Crippen molar-refractivity contribution in [1.29, 1.82) is 0 Å². The predicted octanol–water partition coefficient (Wildman–Crippen LogP) is 4.87. The van der Waals surface area contributed by atoms with Crippen LogP contribution in [0.3, 0.4) is 0 Å². The van der Waals surface area contributed by atoms with Gasteiger partial charge < -0.3 is 5.32 Å². The summed E-state index contributed by atoms with van der Waals surface area (Å²) in [6.45, 7) is 2.46. The second kappa shape index (κ2) is 8.63. The molecule has 2 aromatic carbocycles. The van der Waals surface area contributed by atoms with E-state index in [2.05, 4.69) is 5.32 Å². The van der Waals surface area contributed by atoms with Crippen molar-refractivity contribution in [3.63, 3.8) is 0 Å². The van der Waals surface area contributed by atoms with E-state index in [9.17, 15) is 21.6 Å². The number of nitrogens with one attached hydrogen (secondary N) is 1. The van der Waals surface area contributed by atoms with Gasteiger partial charge in [0.05, 0.1) is 15.5 Å². The summed E-state index contributed by atoms with van der Waals surface area (Å²) >= 11 is 6.05. The van der Waals surface area contributed by atoms with Crippen LogP contribution in [-0.4, -0.2) is 20.7 Å². The summed E-state index contributed by atoms with van der Waals surface area (Å²) in [5.41, 5.74) is 0.985. The van der Waals surface area contributed by atoms with Crippen LogP contribution in [0.4, 0.5) is 13.2 Å². The summed E-state index contributed by atoms with van der Waals surface area (Å²) in [6.07, 6.45) is -1.86. The number of hydrogen-bond donors (Lipinski definition) is 1. The standard InChI is InChI=1S/C19H21ClF3NO2S/c1-3-16(10-13-4-7-15(8-5-13)19(21,22)23)24-12-14-6-9-18(17(20)11-14)27(2,25)26/h4-9,11,16,24H,3,10,12H2,1-2H3. The Morgan fingerprint density at radius 2 is 1.67 bits per heavy atom. The zero-order chi connectivity index (χ0) is 20.2. The minimum absolute atomic E-state index is 0.0649. The van der Waals surface area contributed by atoms with E-state index >= 15 is 0 Å². The van der Waals surface area contributed by atoms with Crippen LogP contribution in [-0.2, 0) is 29.0 Å². The molecule has 0 saturated heterocycles. The van der Waals surface area contributed by atoms with Crippen LogP contribution in [0.2, 0.25) is 5.02 Å². The van der Waals surface area contributed by atoms with Crippen molar-refractivity contribution in [1.82, 2.24) is 5.32 Å². The molecule has 0 aliphatic rings. The Kier molecular flexibility index (Phi) is 6.94. The summed E-state index contributed by atoms with van der Waals surface area (Å²) in [5.74, 6) is 0. The van der Waals surface area contributed by atoms with E-state index in [0.717, 1.165) is 35.9 Å². The van der Waals surface area contributed by atoms with Crippen molar-refractivity contribution in [2.24, 2.45) is 0 Å². The van der Waals surface area contributed by atoms with Crippen LogP contribution >= 0.6 is 11.6 Å². The molecular formula is C19H21ClF3NO2S. The molecule has 0 spiro atoms. The van der Waals surface area contributed by atoms with E-state index in [1.807, 2.05) is 6.92 Å². The van der Waals surface area contributed by atoms with Crippen molar-refractivity contribution < 1.29 is 21.6 Å². The summed E-state index contributed by atoms with van der Waals surface area (Å²) in [6, 6.07) is 10.0. The first-order valence-electron chi connectivity index (χ1n) is 8.38. The van der Waals surface area contributed by atoms with Gasteiger partial charge in [-0.25, -0.2) is 8.42 Å². The molecule has 0 fully saturated rings. The number of benzene rings is 2. The van der Waals surface area contributed by atoms with Crippen molar-refractivity contribution in [2.45, 2.75) is 43.4 Å². The lowest BCUT2D eigenvalue weighted by atomic mass is 10.0. The second-order valence-electron chi connectivity index (χ2n) is 6.42. The summed E-state index contributed by atoms with van der Waals surface area (Å²) in [4.78, 5) is 0.0877. The Morgan fingerprint density at radius 3 is 2.15 bits per heavy atom. The largest absolute Gasteiger partial charge is 0.416 e. The molecule has 148 valence electrons. The predicted molar refractivity (Wildman–Crippen MR) is 101 cm³/mol. The highest BCUT2D eigenvalue weighted by molar-refractivity contribution is 7.90. The zero-order valence-corrected chi connectivity index (χ0v) is 16.5. The molecule has 0 bridgehead atoms. The molecule has 0 radical (unpaired) electrons. The number of sulfone groups is 1. The molecule has 0 amide bonds. The van der Waals surface area contributed by atoms with Crippen molar-refractivity contribution >= 4 is 21.4 Å². The molecule has 8 heteroatoms. The van der Waals surface area contributed by atoms with Crippen LogP contribution < -0.4 is 5.32 Å². The van der Waals surface area contributed by atoms with Gasteiger partial charge >= 0.3 is 6.18 Å². The smallest absolute Gasteiger partial charge is 0.310 e. The van der Waals surface area contributed by atoms with E-state index in [1.54, 1.807) is 12.1 Å². The molecule has 2 aromatic rings. The first kappa shape index (κ1) is 21.7. The highest BCUT2D eigenvalue weighted by Gasteiger charge is 2.29. The second-order valence-corrected chi connectivity index (χ2v) is 8.81. The first-order chi connectivity index (χ1) is 12.5. The van der Waals surface area contributed by atoms with Gasteiger partial charge in [-0.1, -0.05) is 36.7 Å². The quantitative estimate of drug-likeness (QED) is 0.696. The van der Waals surface area contributed by atoms with Gasteiger partial charge in [-0.3, -0.25) is 0 Å². The lowest BCUT2D eigenvalue weighted by molar-refractivity contribution is -0.137. The van der Waals surface area contributed by atoms with Gasteiger partial charge in [-0.05, 0) is 48.2 Å². The fourth-order valence-corrected chi connectivity index (χ4v) is 4.04. The number of rotatable bonds is 7. The maximum Gasteiger partial charge on any atom is 0.416 e. The molecule has 0 aliphatic heterocycles. The number of hydrogen-bond acceptors (Lipinski definition) is 3. The van der Waals surface area contributed by atoms with Crippen molar-refractivity contribution in [3.8, 4) is 0 Å². The molecule has 2 rings (SSSR count). The molecule has 0 aromatic heterocycles. The average Bonchev–Trinajstić information content (AvgIpc) is 2.57. The van der Waals surface area contributed by atoms with E-state index in [-0.39, 0.29) is 16.0 Å². The normalized spacial score (nSPS) is 13.6. The SMILES string of the molecule is CCC(Cc1ccc(C(F)(F)F)cc1)NCc1ccc(S(C)(=O)=O)c(Cl)c1. The molecule has 0 heterocycles. The van der Waals surface area contributed by atoms with E-state index in [0.29, 0.717) is 13.0 Å². The molecule has 3 nitrogen and oxygen atoms in total. The van der Waals surface area contributed by atoms with E-state index in [4.69, 9.17) is 11.6 Å². The summed E-state index contributed by atoms with van der Waals surface area (Å²) in [7, 11) is -3.37. The minimum Gasteiger partial charge on any atom is -0.310 e. The van der Waals surface area contributed by atoms with Gasteiger partial charge in [0.2, 0.25) is 0 Å². The van der Waals surface area contributed by atoms with E-state index in [1.165, 1.54) is 18.2 Å². The third kappa shape index (κ3) is 6.23. The minimum atomic E-state index is -4.33. The van der Waals surface area contributed by atoms with Crippen molar-refractivity contribution in [2.75, 3.05) is 6.26 Å². The van der Waals surface area contributed by atoms with Crippen LogP contribution in [0, 0.1) is 0 Å².